The number of carbonyl (C=O) groups is 2. The van der Waals surface area contributed by atoms with E-state index in [9.17, 15) is 14.0 Å². The van der Waals surface area contributed by atoms with Crippen LogP contribution in [0.5, 0.6) is 5.75 Å². The summed E-state index contributed by atoms with van der Waals surface area (Å²) < 4.78 is 30.8. The van der Waals surface area contributed by atoms with Crippen LogP contribution < -0.4 is 4.74 Å². The van der Waals surface area contributed by atoms with E-state index in [2.05, 4.69) is 0 Å². The third kappa shape index (κ3) is 3.20. The van der Waals surface area contributed by atoms with Crippen LogP contribution in [-0.4, -0.2) is 42.9 Å². The Hall–Kier alpha value is -3.19. The summed E-state index contributed by atoms with van der Waals surface area (Å²) in [4.78, 5) is 28.0. The second kappa shape index (κ2) is 7.20. The number of ketones is 1. The highest BCUT2D eigenvalue weighted by molar-refractivity contribution is 6.13. The van der Waals surface area contributed by atoms with Gasteiger partial charge in [0.15, 0.2) is 11.5 Å². The van der Waals surface area contributed by atoms with Gasteiger partial charge in [-0.15, -0.1) is 0 Å². The minimum absolute atomic E-state index is 0.0993. The van der Waals surface area contributed by atoms with Crippen molar-refractivity contribution in [2.75, 3.05) is 26.3 Å². The molecule has 2 aromatic carbocycles. The molecule has 7 heteroatoms. The third-order valence-corrected chi connectivity index (χ3v) is 6.12. The van der Waals surface area contributed by atoms with Crippen LogP contribution in [0, 0.1) is 12.7 Å². The minimum Gasteiger partial charge on any atom is -0.482 e. The number of hydrogen-bond donors (Lipinski definition) is 0. The first-order valence-corrected chi connectivity index (χ1v) is 10.3. The van der Waals surface area contributed by atoms with Crippen molar-refractivity contribution in [3.05, 3.63) is 64.7 Å². The lowest BCUT2D eigenvalue weighted by atomic mass is 9.84. The molecule has 0 saturated carbocycles. The molecule has 160 valence electrons. The molecule has 6 nitrogen and oxygen atoms in total. The predicted molar refractivity (Wildman–Crippen MR) is 111 cm³/mol. The van der Waals surface area contributed by atoms with Crippen LogP contribution in [0.25, 0.3) is 11.0 Å². The maximum atomic E-state index is 13.4. The summed E-state index contributed by atoms with van der Waals surface area (Å²) >= 11 is 0. The molecule has 0 spiro atoms. The van der Waals surface area contributed by atoms with Crippen LogP contribution >= 0.6 is 0 Å². The van der Waals surface area contributed by atoms with Gasteiger partial charge < -0.3 is 18.8 Å². The standard InChI is InChI=1S/C24H22FNO5/c1-14-20-18(30-22(14)23(28)26-9-11-29-12-10-26)7-8-19-21(20)17(27)13-24(2,31-19)15-3-5-16(25)6-4-15/h3-8H,9-13H2,1-2H3. The Bertz CT molecular complexity index is 1190. The van der Waals surface area contributed by atoms with Crippen molar-refractivity contribution in [1.29, 1.82) is 0 Å². The molecule has 1 unspecified atom stereocenters. The zero-order chi connectivity index (χ0) is 21.8. The Labute approximate surface area is 178 Å². The number of amides is 1. The maximum Gasteiger partial charge on any atom is 0.290 e. The van der Waals surface area contributed by atoms with Crippen LogP contribution in [0.1, 0.15) is 45.4 Å². The number of aryl methyl sites for hydroxylation is 1. The summed E-state index contributed by atoms with van der Waals surface area (Å²) in [6, 6.07) is 9.40. The molecular weight excluding hydrogens is 401 g/mol. The van der Waals surface area contributed by atoms with E-state index in [1.54, 1.807) is 36.1 Å². The van der Waals surface area contributed by atoms with Gasteiger partial charge in [0.05, 0.1) is 25.2 Å². The molecule has 1 amide bonds. The van der Waals surface area contributed by atoms with Gasteiger partial charge >= 0.3 is 0 Å². The molecule has 3 aromatic rings. The topological polar surface area (TPSA) is 69.0 Å². The van der Waals surface area contributed by atoms with E-state index in [4.69, 9.17) is 13.9 Å². The highest BCUT2D eigenvalue weighted by Gasteiger charge is 2.40. The monoisotopic (exact) mass is 423 g/mol. The number of carbonyl (C=O) groups excluding carboxylic acids is 2. The maximum absolute atomic E-state index is 13.4. The molecule has 1 atom stereocenters. The molecule has 1 aromatic heterocycles. The Morgan fingerprint density at radius 2 is 1.81 bits per heavy atom. The number of ether oxygens (including phenoxy) is 2. The fraction of sp³-hybridized carbons (Fsp3) is 0.333. The van der Waals surface area contributed by atoms with Crippen LogP contribution in [0.3, 0.4) is 0 Å². The summed E-state index contributed by atoms with van der Waals surface area (Å²) in [6.45, 7) is 5.61. The Morgan fingerprint density at radius 3 is 2.52 bits per heavy atom. The summed E-state index contributed by atoms with van der Waals surface area (Å²) in [5.74, 6) is 0.0249. The first-order valence-electron chi connectivity index (χ1n) is 10.3. The molecule has 0 N–H and O–H groups in total. The zero-order valence-corrected chi connectivity index (χ0v) is 17.4. The smallest absolute Gasteiger partial charge is 0.290 e. The fourth-order valence-electron chi connectivity index (χ4n) is 4.43. The van der Waals surface area contributed by atoms with E-state index in [-0.39, 0.29) is 29.7 Å². The molecule has 0 radical (unpaired) electrons. The number of rotatable bonds is 2. The van der Waals surface area contributed by atoms with E-state index in [1.807, 2.05) is 6.92 Å². The van der Waals surface area contributed by atoms with Crippen molar-refractivity contribution >= 4 is 22.7 Å². The molecule has 3 heterocycles. The highest BCUT2D eigenvalue weighted by Crippen LogP contribution is 2.44. The second-order valence-corrected chi connectivity index (χ2v) is 8.21. The lowest BCUT2D eigenvalue weighted by Crippen LogP contribution is -2.40. The molecule has 5 rings (SSSR count). The summed E-state index contributed by atoms with van der Waals surface area (Å²) in [7, 11) is 0. The SMILES string of the molecule is Cc1c(C(=O)N2CCOCC2)oc2ccc3c(c12)C(=O)CC(C)(c1ccc(F)cc1)O3. The van der Waals surface area contributed by atoms with Crippen LogP contribution in [0.15, 0.2) is 40.8 Å². The number of morpholine rings is 1. The molecule has 0 aliphatic carbocycles. The van der Waals surface area contributed by atoms with Crippen LogP contribution in [0.4, 0.5) is 4.39 Å². The first kappa shape index (κ1) is 19.8. The van der Waals surface area contributed by atoms with E-state index in [0.717, 1.165) is 5.56 Å². The summed E-state index contributed by atoms with van der Waals surface area (Å²) in [5.41, 5.74) is 1.36. The molecule has 31 heavy (non-hydrogen) atoms. The van der Waals surface area contributed by atoms with Gasteiger partial charge in [-0.05, 0) is 43.7 Å². The van der Waals surface area contributed by atoms with Gasteiger partial charge in [0, 0.05) is 24.0 Å². The van der Waals surface area contributed by atoms with Crippen molar-refractivity contribution in [1.82, 2.24) is 4.90 Å². The van der Waals surface area contributed by atoms with Crippen LogP contribution in [0.2, 0.25) is 0 Å². The molecule has 2 aliphatic rings. The quantitative estimate of drug-likeness (QED) is 0.617. The molecule has 1 fully saturated rings. The Balaban J connectivity index is 1.56. The molecule has 2 aliphatic heterocycles. The largest absolute Gasteiger partial charge is 0.482 e. The van der Waals surface area contributed by atoms with Crippen molar-refractivity contribution in [3.8, 4) is 5.75 Å². The van der Waals surface area contributed by atoms with Gasteiger partial charge in [-0.25, -0.2) is 4.39 Å². The van der Waals surface area contributed by atoms with Gasteiger partial charge in [0.25, 0.3) is 5.91 Å². The Morgan fingerprint density at radius 1 is 1.10 bits per heavy atom. The average Bonchev–Trinajstić information content (AvgIpc) is 3.10. The molecular formula is C24H22FNO5. The van der Waals surface area contributed by atoms with E-state index < -0.39 is 5.60 Å². The van der Waals surface area contributed by atoms with E-state index >= 15 is 0 Å². The first-order chi connectivity index (χ1) is 14.9. The van der Waals surface area contributed by atoms with Gasteiger partial charge in [0.1, 0.15) is 22.8 Å². The van der Waals surface area contributed by atoms with Crippen molar-refractivity contribution < 1.29 is 27.9 Å². The predicted octanol–water partition coefficient (Wildman–Crippen LogP) is 4.23. The zero-order valence-electron chi connectivity index (χ0n) is 17.4. The number of benzene rings is 2. The average molecular weight is 423 g/mol. The number of nitrogens with zero attached hydrogens (tertiary/aromatic N) is 1. The van der Waals surface area contributed by atoms with Crippen LogP contribution in [-0.2, 0) is 10.3 Å². The van der Waals surface area contributed by atoms with Crippen molar-refractivity contribution in [2.24, 2.45) is 0 Å². The lowest BCUT2D eigenvalue weighted by molar-refractivity contribution is 0.0283. The molecule has 0 bridgehead atoms. The Kier molecular flexibility index (Phi) is 4.59. The van der Waals surface area contributed by atoms with Gasteiger partial charge in [-0.1, -0.05) is 12.1 Å². The minimum atomic E-state index is -0.907. The number of furan rings is 1. The molecule has 1 saturated heterocycles. The normalized spacial score (nSPS) is 21.1. The second-order valence-electron chi connectivity index (χ2n) is 8.21. The van der Waals surface area contributed by atoms with Crippen molar-refractivity contribution in [3.63, 3.8) is 0 Å². The van der Waals surface area contributed by atoms with E-state index in [0.29, 0.717) is 54.1 Å². The fourth-order valence-corrected chi connectivity index (χ4v) is 4.43. The number of hydrogen-bond acceptors (Lipinski definition) is 5. The number of Topliss-reactive ketones (excluding diaryl/α,β-unsaturated/α-hetero) is 1. The number of halogens is 1. The third-order valence-electron chi connectivity index (χ3n) is 6.12. The summed E-state index contributed by atoms with van der Waals surface area (Å²) in [5, 5.41) is 0.611. The number of fused-ring (bicyclic) bond motifs is 3. The van der Waals surface area contributed by atoms with E-state index in [1.165, 1.54) is 12.1 Å². The van der Waals surface area contributed by atoms with Gasteiger partial charge in [-0.3, -0.25) is 9.59 Å². The highest BCUT2D eigenvalue weighted by atomic mass is 19.1. The van der Waals surface area contributed by atoms with Gasteiger partial charge in [0.2, 0.25) is 0 Å². The van der Waals surface area contributed by atoms with Crippen molar-refractivity contribution in [2.45, 2.75) is 25.9 Å². The lowest BCUT2D eigenvalue weighted by Gasteiger charge is -2.35. The van der Waals surface area contributed by atoms with Gasteiger partial charge in [-0.2, -0.15) is 0 Å². The summed E-state index contributed by atoms with van der Waals surface area (Å²) in [6.07, 6.45) is 0.0993.